The van der Waals surface area contributed by atoms with Crippen molar-refractivity contribution in [3.05, 3.63) is 29.8 Å². The molecule has 1 aromatic carbocycles. The van der Waals surface area contributed by atoms with Crippen molar-refractivity contribution in [3.63, 3.8) is 0 Å². The van der Waals surface area contributed by atoms with E-state index in [1.165, 1.54) is 13.5 Å². The van der Waals surface area contributed by atoms with E-state index >= 15 is 0 Å². The Balaban J connectivity index is 0.00000122. The summed E-state index contributed by atoms with van der Waals surface area (Å²) < 4.78 is 9.78. The van der Waals surface area contributed by atoms with Crippen LogP contribution in [0.15, 0.2) is 24.3 Å². The van der Waals surface area contributed by atoms with Crippen LogP contribution < -0.4 is 15.4 Å². The number of benzene rings is 1. The van der Waals surface area contributed by atoms with Gasteiger partial charge in [0.25, 0.3) is 0 Å². The molecule has 5 heteroatoms. The third-order valence-corrected chi connectivity index (χ3v) is 2.64. The van der Waals surface area contributed by atoms with Crippen LogP contribution in [-0.2, 0) is 4.74 Å². The summed E-state index contributed by atoms with van der Waals surface area (Å²) in [5.41, 5.74) is 1.10. The van der Waals surface area contributed by atoms with E-state index in [0.717, 1.165) is 11.3 Å². The molecular formula is C16H28N2O3. The van der Waals surface area contributed by atoms with Gasteiger partial charge in [0.15, 0.2) is 0 Å². The van der Waals surface area contributed by atoms with Gasteiger partial charge >= 0.3 is 6.09 Å². The molecule has 0 aromatic heterocycles. The number of carbonyl (C=O) groups is 1. The zero-order valence-electron chi connectivity index (χ0n) is 13.7. The molecule has 1 atom stereocenters. The quantitative estimate of drug-likeness (QED) is 0.792. The van der Waals surface area contributed by atoms with Gasteiger partial charge in [-0.05, 0) is 13.0 Å². The second-order valence-corrected chi connectivity index (χ2v) is 4.54. The Bertz CT molecular complexity index is 397. The van der Waals surface area contributed by atoms with Crippen LogP contribution in [0.25, 0.3) is 0 Å². The summed E-state index contributed by atoms with van der Waals surface area (Å²) in [6.07, 6.45) is 0.835. The number of ether oxygens (including phenoxy) is 2. The third kappa shape index (κ3) is 8.19. The highest BCUT2D eigenvalue weighted by Gasteiger charge is 2.09. The van der Waals surface area contributed by atoms with Gasteiger partial charge in [0.05, 0.1) is 14.2 Å². The summed E-state index contributed by atoms with van der Waals surface area (Å²) in [5, 5.41) is 5.92. The van der Waals surface area contributed by atoms with E-state index in [-0.39, 0.29) is 6.04 Å². The first-order valence-corrected chi connectivity index (χ1v) is 7.28. The van der Waals surface area contributed by atoms with Gasteiger partial charge in [-0.15, -0.1) is 0 Å². The number of amides is 1. The summed E-state index contributed by atoms with van der Waals surface area (Å²) >= 11 is 0. The number of para-hydroxylation sites is 1. The Morgan fingerprint density at radius 1 is 1.19 bits per heavy atom. The summed E-state index contributed by atoms with van der Waals surface area (Å²) in [4.78, 5) is 10.8. The van der Waals surface area contributed by atoms with Crippen LogP contribution >= 0.6 is 0 Å². The molecule has 0 radical (unpaired) electrons. The first-order valence-electron chi connectivity index (χ1n) is 7.28. The predicted molar refractivity (Wildman–Crippen MR) is 85.8 cm³/mol. The average molecular weight is 296 g/mol. The summed E-state index contributed by atoms with van der Waals surface area (Å²) in [7, 11) is 3.00. The molecule has 0 spiro atoms. The lowest BCUT2D eigenvalue weighted by Gasteiger charge is -2.17. The number of nitrogens with one attached hydrogen (secondary N) is 2. The molecule has 1 aromatic rings. The minimum Gasteiger partial charge on any atom is -0.496 e. The topological polar surface area (TPSA) is 59.6 Å². The van der Waals surface area contributed by atoms with Crippen LogP contribution in [0.4, 0.5) is 4.79 Å². The second kappa shape index (κ2) is 12.0. The van der Waals surface area contributed by atoms with Crippen molar-refractivity contribution in [2.75, 3.05) is 27.3 Å². The zero-order valence-corrected chi connectivity index (χ0v) is 13.7. The normalized spacial score (nSPS) is 10.9. The van der Waals surface area contributed by atoms with Crippen LogP contribution in [0.3, 0.4) is 0 Å². The summed E-state index contributed by atoms with van der Waals surface area (Å²) in [6, 6.07) is 8.02. The van der Waals surface area contributed by atoms with E-state index in [0.29, 0.717) is 13.1 Å². The minimum absolute atomic E-state index is 0.153. The molecule has 5 nitrogen and oxygen atoms in total. The molecule has 0 aliphatic carbocycles. The van der Waals surface area contributed by atoms with Gasteiger partial charge in [-0.1, -0.05) is 38.5 Å². The number of methoxy groups -OCH3 is 2. The monoisotopic (exact) mass is 296 g/mol. The number of rotatable bonds is 6. The molecule has 1 amide bonds. The van der Waals surface area contributed by atoms with Gasteiger partial charge in [-0.25, -0.2) is 4.79 Å². The Morgan fingerprint density at radius 3 is 2.38 bits per heavy atom. The zero-order chi connectivity index (χ0) is 16.1. The van der Waals surface area contributed by atoms with Crippen LogP contribution in [0.5, 0.6) is 5.75 Å². The number of hydrogen-bond acceptors (Lipinski definition) is 4. The molecule has 0 aliphatic rings. The fourth-order valence-electron chi connectivity index (χ4n) is 1.66. The van der Waals surface area contributed by atoms with Crippen LogP contribution in [-0.4, -0.2) is 33.4 Å². The van der Waals surface area contributed by atoms with E-state index in [9.17, 15) is 4.79 Å². The summed E-state index contributed by atoms with van der Waals surface area (Å²) in [5.74, 6) is 0.860. The fraction of sp³-hybridized carbons (Fsp3) is 0.562. The van der Waals surface area contributed by atoms with Crippen molar-refractivity contribution in [3.8, 4) is 5.75 Å². The van der Waals surface area contributed by atoms with E-state index in [4.69, 9.17) is 4.74 Å². The molecule has 0 saturated carbocycles. The van der Waals surface area contributed by atoms with Gasteiger partial charge in [0.1, 0.15) is 5.75 Å². The molecular weight excluding hydrogens is 268 g/mol. The van der Waals surface area contributed by atoms with Crippen LogP contribution in [0, 0.1) is 0 Å². The van der Waals surface area contributed by atoms with Crippen molar-refractivity contribution in [1.82, 2.24) is 10.6 Å². The van der Waals surface area contributed by atoms with Gasteiger partial charge in [-0.3, -0.25) is 0 Å². The largest absolute Gasteiger partial charge is 0.496 e. The lowest BCUT2D eigenvalue weighted by atomic mass is 10.1. The molecule has 120 valence electrons. The van der Waals surface area contributed by atoms with E-state index < -0.39 is 6.09 Å². The van der Waals surface area contributed by atoms with Crippen LogP contribution in [0.1, 0.15) is 38.8 Å². The van der Waals surface area contributed by atoms with Crippen LogP contribution in [0.2, 0.25) is 0 Å². The Hall–Kier alpha value is -1.75. The van der Waals surface area contributed by atoms with Crippen molar-refractivity contribution in [1.29, 1.82) is 0 Å². The lowest BCUT2D eigenvalue weighted by Crippen LogP contribution is -2.32. The van der Waals surface area contributed by atoms with Crippen molar-refractivity contribution in [2.45, 2.75) is 33.2 Å². The smallest absolute Gasteiger partial charge is 0.406 e. The number of alkyl carbamates (subject to hydrolysis) is 1. The maximum absolute atomic E-state index is 10.8. The van der Waals surface area contributed by atoms with Crippen molar-refractivity contribution >= 4 is 6.09 Å². The SMILES string of the molecule is CCC.COC(=O)NCCN[C@@H](C)c1ccccc1OC. The highest BCUT2D eigenvalue weighted by molar-refractivity contribution is 5.66. The minimum atomic E-state index is -0.415. The van der Waals surface area contributed by atoms with Gasteiger partial charge in [-0.2, -0.15) is 0 Å². The standard InChI is InChI=1S/C13H20N2O3.C3H8/c1-10(14-8-9-15-13(16)18-3)11-6-4-5-7-12(11)17-2;1-3-2/h4-7,10,14H,8-9H2,1-3H3,(H,15,16);3H2,1-2H3/t10-;/m0./s1. The van der Waals surface area contributed by atoms with Gasteiger partial charge < -0.3 is 20.1 Å². The lowest BCUT2D eigenvalue weighted by molar-refractivity contribution is 0.171. The number of hydrogen-bond donors (Lipinski definition) is 2. The Labute approximate surface area is 128 Å². The highest BCUT2D eigenvalue weighted by atomic mass is 16.5. The highest BCUT2D eigenvalue weighted by Crippen LogP contribution is 2.23. The predicted octanol–water partition coefficient (Wildman–Crippen LogP) is 3.12. The van der Waals surface area contributed by atoms with E-state index in [1.807, 2.05) is 24.3 Å². The third-order valence-electron chi connectivity index (χ3n) is 2.64. The maximum Gasteiger partial charge on any atom is 0.406 e. The maximum atomic E-state index is 10.8. The fourth-order valence-corrected chi connectivity index (χ4v) is 1.66. The van der Waals surface area contributed by atoms with E-state index in [2.05, 4.69) is 36.1 Å². The molecule has 0 saturated heterocycles. The first kappa shape index (κ1) is 19.2. The molecule has 0 heterocycles. The second-order valence-electron chi connectivity index (χ2n) is 4.54. The van der Waals surface area contributed by atoms with Gasteiger partial charge in [0, 0.05) is 24.7 Å². The molecule has 2 N–H and O–H groups in total. The summed E-state index contributed by atoms with van der Waals surface area (Å²) in [6.45, 7) is 7.48. The molecule has 1 rings (SSSR count). The van der Waals surface area contributed by atoms with Crippen molar-refractivity contribution < 1.29 is 14.3 Å². The van der Waals surface area contributed by atoms with E-state index in [1.54, 1.807) is 7.11 Å². The Morgan fingerprint density at radius 2 is 1.81 bits per heavy atom. The Kier molecular flexibility index (Phi) is 11.0. The molecule has 0 unspecified atom stereocenters. The van der Waals surface area contributed by atoms with Crippen molar-refractivity contribution in [2.24, 2.45) is 0 Å². The molecule has 0 fully saturated rings. The first-order chi connectivity index (χ1) is 10.1. The number of carbonyl (C=O) groups excluding carboxylic acids is 1. The average Bonchev–Trinajstić information content (AvgIpc) is 2.51. The molecule has 0 aliphatic heterocycles. The molecule has 0 bridgehead atoms. The molecule has 21 heavy (non-hydrogen) atoms. The van der Waals surface area contributed by atoms with Gasteiger partial charge in [0.2, 0.25) is 0 Å².